The molecular formula is C11H16FN. The van der Waals surface area contributed by atoms with Crippen molar-refractivity contribution in [2.24, 2.45) is 5.73 Å². The summed E-state index contributed by atoms with van der Waals surface area (Å²) in [5.41, 5.74) is 6.69. The smallest absolute Gasteiger partial charge is 0.123 e. The second-order valence-electron chi connectivity index (χ2n) is 3.23. The average molecular weight is 181 g/mol. The molecule has 0 fully saturated rings. The summed E-state index contributed by atoms with van der Waals surface area (Å²) >= 11 is 0. The van der Waals surface area contributed by atoms with E-state index < -0.39 is 0 Å². The molecule has 0 bridgehead atoms. The van der Waals surface area contributed by atoms with Gasteiger partial charge in [0.05, 0.1) is 0 Å². The Hall–Kier alpha value is -0.890. The molecule has 2 heteroatoms. The molecule has 0 aliphatic carbocycles. The predicted molar refractivity (Wildman–Crippen MR) is 53.1 cm³/mol. The van der Waals surface area contributed by atoms with Crippen LogP contribution in [0.15, 0.2) is 24.3 Å². The summed E-state index contributed by atoms with van der Waals surface area (Å²) in [5, 5.41) is 0. The average Bonchev–Trinajstić information content (AvgIpc) is 2.16. The van der Waals surface area contributed by atoms with E-state index in [0.717, 1.165) is 12.8 Å². The van der Waals surface area contributed by atoms with Gasteiger partial charge in [0.1, 0.15) is 5.82 Å². The molecule has 1 aromatic rings. The lowest BCUT2D eigenvalue weighted by atomic mass is 9.93. The number of hydrogen-bond donors (Lipinski definition) is 1. The van der Waals surface area contributed by atoms with Gasteiger partial charge in [0.25, 0.3) is 0 Å². The SMILES string of the molecule is CCC(CCN)c1ccc(F)cc1. The number of rotatable bonds is 4. The summed E-state index contributed by atoms with van der Waals surface area (Å²) < 4.78 is 12.6. The monoisotopic (exact) mass is 181 g/mol. The third-order valence-corrected chi connectivity index (χ3v) is 2.35. The maximum atomic E-state index is 12.6. The Morgan fingerprint density at radius 1 is 1.31 bits per heavy atom. The lowest BCUT2D eigenvalue weighted by Crippen LogP contribution is -2.06. The summed E-state index contributed by atoms with van der Waals surface area (Å²) in [6, 6.07) is 6.71. The van der Waals surface area contributed by atoms with Gasteiger partial charge in [-0.3, -0.25) is 0 Å². The largest absolute Gasteiger partial charge is 0.330 e. The van der Waals surface area contributed by atoms with Crippen LogP contribution in [0.1, 0.15) is 31.2 Å². The normalized spacial score (nSPS) is 12.8. The van der Waals surface area contributed by atoms with Crippen molar-refractivity contribution in [3.05, 3.63) is 35.6 Å². The van der Waals surface area contributed by atoms with Crippen molar-refractivity contribution in [3.63, 3.8) is 0 Å². The zero-order valence-corrected chi connectivity index (χ0v) is 7.96. The standard InChI is InChI=1S/C11H16FN/c1-2-9(7-8-13)10-3-5-11(12)6-4-10/h3-6,9H,2,7-8,13H2,1H3. The molecule has 13 heavy (non-hydrogen) atoms. The van der Waals surface area contributed by atoms with Crippen molar-refractivity contribution in [2.45, 2.75) is 25.7 Å². The Bertz CT molecular complexity index is 243. The van der Waals surface area contributed by atoms with Crippen molar-refractivity contribution >= 4 is 0 Å². The first-order valence-electron chi connectivity index (χ1n) is 4.73. The molecule has 0 spiro atoms. The molecule has 0 radical (unpaired) electrons. The minimum atomic E-state index is -0.175. The minimum Gasteiger partial charge on any atom is -0.330 e. The van der Waals surface area contributed by atoms with Crippen LogP contribution >= 0.6 is 0 Å². The van der Waals surface area contributed by atoms with E-state index in [1.165, 1.54) is 17.7 Å². The molecule has 2 N–H and O–H groups in total. The van der Waals surface area contributed by atoms with Crippen LogP contribution in [0, 0.1) is 5.82 Å². The Morgan fingerprint density at radius 3 is 2.38 bits per heavy atom. The molecule has 0 aliphatic rings. The third-order valence-electron chi connectivity index (χ3n) is 2.35. The van der Waals surface area contributed by atoms with Crippen LogP contribution in [-0.4, -0.2) is 6.54 Å². The molecule has 1 atom stereocenters. The van der Waals surface area contributed by atoms with E-state index in [1.54, 1.807) is 0 Å². The summed E-state index contributed by atoms with van der Waals surface area (Å²) in [5.74, 6) is 0.303. The topological polar surface area (TPSA) is 26.0 Å². The highest BCUT2D eigenvalue weighted by Crippen LogP contribution is 2.22. The van der Waals surface area contributed by atoms with Crippen molar-refractivity contribution in [1.82, 2.24) is 0 Å². The van der Waals surface area contributed by atoms with Crippen molar-refractivity contribution < 1.29 is 4.39 Å². The molecule has 0 heterocycles. The molecular weight excluding hydrogens is 165 g/mol. The van der Waals surface area contributed by atoms with Crippen LogP contribution in [-0.2, 0) is 0 Å². The van der Waals surface area contributed by atoms with Gasteiger partial charge in [-0.15, -0.1) is 0 Å². The molecule has 1 unspecified atom stereocenters. The van der Waals surface area contributed by atoms with Crippen LogP contribution in [0.4, 0.5) is 4.39 Å². The first-order valence-corrected chi connectivity index (χ1v) is 4.73. The molecule has 0 aliphatic heterocycles. The fourth-order valence-corrected chi connectivity index (χ4v) is 1.54. The van der Waals surface area contributed by atoms with Crippen LogP contribution < -0.4 is 5.73 Å². The first-order chi connectivity index (χ1) is 6.27. The van der Waals surface area contributed by atoms with Gasteiger partial charge in [0.2, 0.25) is 0 Å². The highest BCUT2D eigenvalue weighted by atomic mass is 19.1. The van der Waals surface area contributed by atoms with E-state index in [4.69, 9.17) is 5.73 Å². The van der Waals surface area contributed by atoms with Crippen molar-refractivity contribution in [1.29, 1.82) is 0 Å². The fourth-order valence-electron chi connectivity index (χ4n) is 1.54. The lowest BCUT2D eigenvalue weighted by molar-refractivity contribution is 0.604. The first kappa shape index (κ1) is 10.2. The fraction of sp³-hybridized carbons (Fsp3) is 0.455. The molecule has 0 aromatic heterocycles. The molecule has 0 amide bonds. The van der Waals surface area contributed by atoms with Gasteiger partial charge >= 0.3 is 0 Å². The maximum absolute atomic E-state index is 12.6. The second-order valence-corrected chi connectivity index (χ2v) is 3.23. The van der Waals surface area contributed by atoms with Gasteiger partial charge in [-0.1, -0.05) is 19.1 Å². The Labute approximate surface area is 78.8 Å². The van der Waals surface area contributed by atoms with Gasteiger partial charge in [0, 0.05) is 0 Å². The van der Waals surface area contributed by atoms with Crippen LogP contribution in [0.25, 0.3) is 0 Å². The third kappa shape index (κ3) is 2.81. The van der Waals surface area contributed by atoms with Crippen LogP contribution in [0.5, 0.6) is 0 Å². The Kier molecular flexibility index (Phi) is 3.90. The molecule has 1 nitrogen and oxygen atoms in total. The molecule has 0 saturated carbocycles. The Morgan fingerprint density at radius 2 is 1.92 bits per heavy atom. The van der Waals surface area contributed by atoms with E-state index in [9.17, 15) is 4.39 Å². The zero-order chi connectivity index (χ0) is 9.68. The van der Waals surface area contributed by atoms with Gasteiger partial charge in [0.15, 0.2) is 0 Å². The van der Waals surface area contributed by atoms with E-state index in [0.29, 0.717) is 12.5 Å². The van der Waals surface area contributed by atoms with Crippen LogP contribution in [0.3, 0.4) is 0 Å². The number of hydrogen-bond acceptors (Lipinski definition) is 1. The number of nitrogens with two attached hydrogens (primary N) is 1. The maximum Gasteiger partial charge on any atom is 0.123 e. The summed E-state index contributed by atoms with van der Waals surface area (Å²) in [6.45, 7) is 2.82. The number of halogens is 1. The number of benzene rings is 1. The van der Waals surface area contributed by atoms with E-state index in [-0.39, 0.29) is 5.82 Å². The van der Waals surface area contributed by atoms with Gasteiger partial charge in [-0.05, 0) is 43.0 Å². The lowest BCUT2D eigenvalue weighted by Gasteiger charge is -2.13. The van der Waals surface area contributed by atoms with E-state index >= 15 is 0 Å². The van der Waals surface area contributed by atoms with Crippen LogP contribution in [0.2, 0.25) is 0 Å². The van der Waals surface area contributed by atoms with Gasteiger partial charge < -0.3 is 5.73 Å². The zero-order valence-electron chi connectivity index (χ0n) is 7.96. The second kappa shape index (κ2) is 4.97. The highest BCUT2D eigenvalue weighted by Gasteiger charge is 2.07. The molecule has 0 saturated heterocycles. The summed E-state index contributed by atoms with van der Waals surface area (Å²) in [4.78, 5) is 0. The highest BCUT2D eigenvalue weighted by molar-refractivity contribution is 5.20. The van der Waals surface area contributed by atoms with E-state index in [1.807, 2.05) is 12.1 Å². The molecule has 72 valence electrons. The summed E-state index contributed by atoms with van der Waals surface area (Å²) in [7, 11) is 0. The summed E-state index contributed by atoms with van der Waals surface area (Å²) in [6.07, 6.45) is 2.03. The quantitative estimate of drug-likeness (QED) is 0.759. The van der Waals surface area contributed by atoms with Gasteiger partial charge in [-0.25, -0.2) is 4.39 Å². The van der Waals surface area contributed by atoms with Gasteiger partial charge in [-0.2, -0.15) is 0 Å². The van der Waals surface area contributed by atoms with Crippen molar-refractivity contribution in [2.75, 3.05) is 6.54 Å². The Balaban J connectivity index is 2.73. The predicted octanol–water partition coefficient (Wildman–Crippen LogP) is 2.67. The molecule has 1 rings (SSSR count). The minimum absolute atomic E-state index is 0.175. The van der Waals surface area contributed by atoms with Crippen molar-refractivity contribution in [3.8, 4) is 0 Å². The van der Waals surface area contributed by atoms with E-state index in [2.05, 4.69) is 6.92 Å². The molecule has 1 aromatic carbocycles.